The third-order valence-corrected chi connectivity index (χ3v) is 7.99. The van der Waals surface area contributed by atoms with Gasteiger partial charge in [-0.25, -0.2) is 0 Å². The first-order valence-corrected chi connectivity index (χ1v) is 15.4. The first-order valence-electron chi connectivity index (χ1n) is 15.4. The van der Waals surface area contributed by atoms with Crippen molar-refractivity contribution in [1.29, 1.82) is 0 Å². The zero-order chi connectivity index (χ0) is 27.0. The second kappa shape index (κ2) is 17.1. The van der Waals surface area contributed by atoms with E-state index in [0.29, 0.717) is 19.5 Å². The van der Waals surface area contributed by atoms with Crippen molar-refractivity contribution < 1.29 is 9.59 Å². The summed E-state index contributed by atoms with van der Waals surface area (Å²) in [6.45, 7) is 6.71. The largest absolute Gasteiger partial charge is 0.345 e. The van der Waals surface area contributed by atoms with Gasteiger partial charge in [0.2, 0.25) is 11.8 Å². The van der Waals surface area contributed by atoms with Gasteiger partial charge in [-0.3, -0.25) is 9.59 Å². The monoisotopic (exact) mass is 521 g/mol. The molecule has 2 aromatic rings. The first kappa shape index (κ1) is 30.0. The molecule has 0 atom stereocenters. The topological polar surface area (TPSA) is 45.6 Å². The van der Waals surface area contributed by atoms with Gasteiger partial charge in [-0.2, -0.15) is 0 Å². The first-order chi connectivity index (χ1) is 18.6. The number of nitrogens with zero attached hydrogens (tertiary/aromatic N) is 3. The highest BCUT2D eigenvalue weighted by atomic mass is 16.2. The van der Waals surface area contributed by atoms with Gasteiger partial charge in [0.25, 0.3) is 0 Å². The minimum absolute atomic E-state index is 0.111. The molecule has 0 spiro atoms. The van der Waals surface area contributed by atoms with E-state index >= 15 is 0 Å². The molecule has 0 N–H and O–H groups in total. The van der Waals surface area contributed by atoms with Crippen LogP contribution in [0.4, 0.5) is 0 Å². The zero-order valence-corrected chi connectivity index (χ0v) is 24.1. The summed E-state index contributed by atoms with van der Waals surface area (Å²) in [4.78, 5) is 31.1. The Hall–Kier alpha value is -2.56. The van der Waals surface area contributed by atoms with E-state index in [1.807, 2.05) is 11.0 Å². The summed E-state index contributed by atoms with van der Waals surface area (Å²) in [5.41, 5.74) is 2.42. The Labute approximate surface area is 231 Å². The Morgan fingerprint density at radius 3 is 2.26 bits per heavy atom. The van der Waals surface area contributed by atoms with Crippen molar-refractivity contribution >= 4 is 11.8 Å². The van der Waals surface area contributed by atoms with E-state index in [1.54, 1.807) is 0 Å². The van der Waals surface area contributed by atoms with Crippen molar-refractivity contribution in [3.63, 3.8) is 0 Å². The van der Waals surface area contributed by atoms with Crippen LogP contribution in [-0.2, 0) is 22.7 Å². The number of carbonyl (C=O) groups is 2. The van der Waals surface area contributed by atoms with Gasteiger partial charge in [0.15, 0.2) is 0 Å². The van der Waals surface area contributed by atoms with E-state index in [9.17, 15) is 9.59 Å². The maximum absolute atomic E-state index is 13.9. The van der Waals surface area contributed by atoms with Gasteiger partial charge in [-0.15, -0.1) is 0 Å². The Balaban J connectivity index is 1.70. The summed E-state index contributed by atoms with van der Waals surface area (Å²) in [5.74, 6) is 0.266. The van der Waals surface area contributed by atoms with Crippen LogP contribution in [0.5, 0.6) is 0 Å². The molecule has 1 aliphatic rings. The molecule has 1 saturated carbocycles. The molecule has 1 aliphatic carbocycles. The van der Waals surface area contributed by atoms with Gasteiger partial charge < -0.3 is 14.4 Å². The van der Waals surface area contributed by atoms with Crippen molar-refractivity contribution in [1.82, 2.24) is 14.4 Å². The van der Waals surface area contributed by atoms with Crippen molar-refractivity contribution in [2.45, 2.75) is 123 Å². The number of carbonyl (C=O) groups excluding carboxylic acids is 2. The second-order valence-corrected chi connectivity index (χ2v) is 11.1. The van der Waals surface area contributed by atoms with Crippen LogP contribution in [0.3, 0.4) is 0 Å². The van der Waals surface area contributed by atoms with Crippen LogP contribution in [0.2, 0.25) is 0 Å². The van der Waals surface area contributed by atoms with E-state index < -0.39 is 0 Å². The van der Waals surface area contributed by atoms with Gasteiger partial charge in [0.1, 0.15) is 0 Å². The average Bonchev–Trinajstić information content (AvgIpc) is 3.38. The Bertz CT molecular complexity index is 933. The standard InChI is InChI=1S/C33H51N3O2/c1-3-5-7-8-15-23-32(37)35(24-16-6-4-2)28-33(38)36(30-20-13-10-14-21-30)27-31-22-17-25-34(31)26-29-18-11-9-12-19-29/h9,11-12,17-19,22,25,30H,3-8,10,13-16,20-21,23-24,26-28H2,1-2H3. The van der Waals surface area contributed by atoms with Crippen LogP contribution in [0.25, 0.3) is 0 Å². The van der Waals surface area contributed by atoms with Crippen LogP contribution in [0.15, 0.2) is 48.7 Å². The molecule has 5 heteroatoms. The number of rotatable bonds is 17. The highest BCUT2D eigenvalue weighted by molar-refractivity contribution is 5.85. The van der Waals surface area contributed by atoms with E-state index in [1.165, 1.54) is 44.1 Å². The predicted octanol–water partition coefficient (Wildman–Crippen LogP) is 7.58. The maximum Gasteiger partial charge on any atom is 0.242 e. The minimum Gasteiger partial charge on any atom is -0.345 e. The van der Waals surface area contributed by atoms with E-state index in [4.69, 9.17) is 0 Å². The number of aromatic nitrogens is 1. The normalized spacial score (nSPS) is 13.9. The fourth-order valence-corrected chi connectivity index (χ4v) is 5.65. The molecule has 2 amide bonds. The van der Waals surface area contributed by atoms with Crippen molar-refractivity contribution in [2.24, 2.45) is 0 Å². The van der Waals surface area contributed by atoms with Crippen molar-refractivity contribution in [2.75, 3.05) is 13.1 Å². The number of amides is 2. The molecule has 0 bridgehead atoms. The molecular weight excluding hydrogens is 470 g/mol. The lowest BCUT2D eigenvalue weighted by atomic mass is 9.94. The lowest BCUT2D eigenvalue weighted by Gasteiger charge is -2.36. The summed E-state index contributed by atoms with van der Waals surface area (Å²) >= 11 is 0. The SMILES string of the molecule is CCCCCCCC(=O)N(CCCCC)CC(=O)N(Cc1cccn1Cc1ccccc1)C1CCCCC1. The lowest BCUT2D eigenvalue weighted by Crippen LogP contribution is -2.47. The highest BCUT2D eigenvalue weighted by Gasteiger charge is 2.28. The molecule has 1 aromatic heterocycles. The molecule has 0 aliphatic heterocycles. The van der Waals surface area contributed by atoms with Gasteiger partial charge >= 0.3 is 0 Å². The molecule has 210 valence electrons. The predicted molar refractivity (Wildman–Crippen MR) is 157 cm³/mol. The summed E-state index contributed by atoms with van der Waals surface area (Å²) < 4.78 is 2.26. The molecule has 1 aromatic carbocycles. The third kappa shape index (κ3) is 9.96. The lowest BCUT2D eigenvalue weighted by molar-refractivity contribution is -0.143. The highest BCUT2D eigenvalue weighted by Crippen LogP contribution is 2.25. The number of hydrogen-bond donors (Lipinski definition) is 0. The Morgan fingerprint density at radius 1 is 0.816 bits per heavy atom. The van der Waals surface area contributed by atoms with Crippen molar-refractivity contribution in [3.8, 4) is 0 Å². The van der Waals surface area contributed by atoms with Crippen molar-refractivity contribution in [3.05, 3.63) is 59.9 Å². The van der Waals surface area contributed by atoms with Crippen LogP contribution in [0, 0.1) is 0 Å². The quantitative estimate of drug-likeness (QED) is 0.201. The smallest absolute Gasteiger partial charge is 0.242 e. The summed E-state index contributed by atoms with van der Waals surface area (Å²) in [6.07, 6.45) is 17.2. The maximum atomic E-state index is 13.9. The van der Waals surface area contributed by atoms with Gasteiger partial charge in [-0.1, -0.05) is 102 Å². The van der Waals surface area contributed by atoms with Gasteiger partial charge in [-0.05, 0) is 43.4 Å². The minimum atomic E-state index is 0.111. The third-order valence-electron chi connectivity index (χ3n) is 7.99. The Morgan fingerprint density at radius 2 is 1.53 bits per heavy atom. The number of benzene rings is 1. The molecule has 0 unspecified atom stereocenters. The second-order valence-electron chi connectivity index (χ2n) is 11.1. The number of unbranched alkanes of at least 4 members (excludes halogenated alkanes) is 6. The summed E-state index contributed by atoms with van der Waals surface area (Å²) in [6, 6.07) is 15.0. The van der Waals surface area contributed by atoms with E-state index in [0.717, 1.165) is 57.2 Å². The van der Waals surface area contributed by atoms with Gasteiger partial charge in [0, 0.05) is 37.4 Å². The Kier molecular flexibility index (Phi) is 13.5. The van der Waals surface area contributed by atoms with Crippen LogP contribution in [-0.4, -0.2) is 45.3 Å². The molecule has 38 heavy (non-hydrogen) atoms. The molecule has 5 nitrogen and oxygen atoms in total. The fourth-order valence-electron chi connectivity index (χ4n) is 5.65. The average molecular weight is 522 g/mol. The summed E-state index contributed by atoms with van der Waals surface area (Å²) in [5, 5.41) is 0. The molecule has 0 radical (unpaired) electrons. The number of hydrogen-bond acceptors (Lipinski definition) is 2. The van der Waals surface area contributed by atoms with E-state index in [2.05, 4.69) is 65.9 Å². The fraction of sp³-hybridized carbons (Fsp3) is 0.636. The molecule has 0 saturated heterocycles. The van der Waals surface area contributed by atoms with Gasteiger partial charge in [0.05, 0.1) is 13.1 Å². The molecular formula is C33H51N3O2. The van der Waals surface area contributed by atoms with Crippen LogP contribution in [0.1, 0.15) is 115 Å². The molecule has 3 rings (SSSR count). The van der Waals surface area contributed by atoms with Crippen LogP contribution >= 0.6 is 0 Å². The molecule has 1 fully saturated rings. The summed E-state index contributed by atoms with van der Waals surface area (Å²) in [7, 11) is 0. The van der Waals surface area contributed by atoms with Crippen LogP contribution < -0.4 is 0 Å². The van der Waals surface area contributed by atoms with E-state index in [-0.39, 0.29) is 24.4 Å². The zero-order valence-electron chi connectivity index (χ0n) is 24.1. The molecule has 1 heterocycles.